The zero-order chi connectivity index (χ0) is 57.4. The average molecular weight is 1120 g/mol. The van der Waals surface area contributed by atoms with Gasteiger partial charge in [-0.2, -0.15) is 0 Å². The second-order valence-electron chi connectivity index (χ2n) is 20.0. The first-order chi connectivity index (χ1) is 39.1. The van der Waals surface area contributed by atoms with Crippen molar-refractivity contribution in [2.75, 3.05) is 63.4 Å². The maximum absolute atomic E-state index is 14.7. The van der Waals surface area contributed by atoms with E-state index in [1.165, 1.54) is 12.1 Å². The van der Waals surface area contributed by atoms with Crippen LogP contribution in [0.25, 0.3) is 22.4 Å². The zero-order valence-electron chi connectivity index (χ0n) is 45.2. The molecule has 0 bridgehead atoms. The van der Waals surface area contributed by atoms with Gasteiger partial charge in [-0.25, -0.2) is 9.07 Å². The number of amides is 5. The summed E-state index contributed by atoms with van der Waals surface area (Å²) in [6, 6.07) is 26.3. The number of fused-ring (bicyclic) bond motifs is 1. The van der Waals surface area contributed by atoms with E-state index in [1.807, 2.05) is 67.1 Å². The van der Waals surface area contributed by atoms with Gasteiger partial charge in [0.25, 0.3) is 17.7 Å². The Balaban J connectivity index is 0.785. The summed E-state index contributed by atoms with van der Waals surface area (Å²) in [4.78, 5) is 76.8. The Morgan fingerprint density at radius 3 is 2.25 bits per heavy atom. The van der Waals surface area contributed by atoms with E-state index in [9.17, 15) is 48.5 Å². The van der Waals surface area contributed by atoms with E-state index >= 15 is 0 Å². The molecule has 81 heavy (non-hydrogen) atoms. The van der Waals surface area contributed by atoms with Crippen LogP contribution in [0.15, 0.2) is 103 Å². The van der Waals surface area contributed by atoms with Crippen LogP contribution >= 0.6 is 0 Å². The third-order valence-electron chi connectivity index (χ3n) is 13.6. The highest BCUT2D eigenvalue weighted by Crippen LogP contribution is 2.44. The van der Waals surface area contributed by atoms with Crippen LogP contribution in [0.5, 0.6) is 5.75 Å². The van der Waals surface area contributed by atoms with Crippen molar-refractivity contribution in [2.24, 2.45) is 0 Å². The number of rotatable bonds is 31. The van der Waals surface area contributed by atoms with Crippen LogP contribution < -0.4 is 20.7 Å². The van der Waals surface area contributed by atoms with Crippen LogP contribution in [0, 0.1) is 5.82 Å². The molecule has 22 heteroatoms. The molecule has 6 N–H and O–H groups in total. The first kappa shape index (κ1) is 59.0. The highest BCUT2D eigenvalue weighted by Gasteiger charge is 2.44. The number of para-hydroxylation sites is 1. The van der Waals surface area contributed by atoms with E-state index in [0.717, 1.165) is 10.6 Å². The van der Waals surface area contributed by atoms with E-state index in [0.29, 0.717) is 123 Å². The number of aromatic nitrogens is 4. The van der Waals surface area contributed by atoms with Crippen LogP contribution in [0.4, 0.5) is 15.8 Å². The van der Waals surface area contributed by atoms with Crippen molar-refractivity contribution in [2.45, 2.75) is 96.1 Å². The molecule has 2 aliphatic heterocycles. The lowest BCUT2D eigenvalue weighted by atomic mass is 9.94. The molecule has 4 aromatic carbocycles. The summed E-state index contributed by atoms with van der Waals surface area (Å²) in [5, 5.41) is 47.5. The van der Waals surface area contributed by atoms with Gasteiger partial charge in [0.1, 0.15) is 17.6 Å². The van der Waals surface area contributed by atoms with Crippen molar-refractivity contribution in [3.63, 3.8) is 0 Å². The first-order valence-electron chi connectivity index (χ1n) is 27.1. The molecule has 428 valence electrons. The topological polar surface area (TPSA) is 275 Å². The number of aliphatic hydroxyl groups excluding tert-OH is 2. The summed E-state index contributed by atoms with van der Waals surface area (Å²) in [7, 11) is 0. The monoisotopic (exact) mass is 1110 g/mol. The highest BCUT2D eigenvalue weighted by atomic mass is 19.1. The van der Waals surface area contributed by atoms with Crippen LogP contribution in [0.1, 0.15) is 101 Å². The Hall–Kier alpha value is -8.15. The van der Waals surface area contributed by atoms with Crippen molar-refractivity contribution < 1.29 is 67.4 Å². The van der Waals surface area contributed by atoms with Gasteiger partial charge >= 0.3 is 5.97 Å². The second kappa shape index (κ2) is 28.3. The van der Waals surface area contributed by atoms with Crippen LogP contribution in [0.3, 0.4) is 0 Å². The summed E-state index contributed by atoms with van der Waals surface area (Å²) in [5.74, 6) is -3.88. The quantitative estimate of drug-likeness (QED) is 0.0201. The van der Waals surface area contributed by atoms with E-state index in [1.54, 1.807) is 47.1 Å². The number of benzene rings is 4. The number of halogens is 1. The number of aryl methyl sites for hydroxylation is 1. The van der Waals surface area contributed by atoms with Crippen molar-refractivity contribution in [1.82, 2.24) is 29.8 Å². The molecule has 5 amide bonds. The molecule has 8 rings (SSSR count). The fourth-order valence-electron chi connectivity index (χ4n) is 9.89. The molecular formula is C59H67FN8O13. The summed E-state index contributed by atoms with van der Waals surface area (Å²) in [6.45, 7) is 7.58. The van der Waals surface area contributed by atoms with E-state index in [-0.39, 0.29) is 55.2 Å². The smallest absolute Gasteiger partial charge is 0.305 e. The number of aliphatic hydroxyl groups is 2. The summed E-state index contributed by atoms with van der Waals surface area (Å²) in [6.07, 6.45) is 0.362. The lowest BCUT2D eigenvalue weighted by Gasteiger charge is -2.27. The minimum absolute atomic E-state index is 0.0506. The number of carbonyl (C=O) groups is 6. The Bertz CT molecular complexity index is 3170. The number of nitrogens with zero attached hydrogens (tertiary/aromatic N) is 5. The predicted octanol–water partition coefficient (Wildman–Crippen LogP) is 6.48. The molecule has 3 unspecified atom stereocenters. The molecular weight excluding hydrogens is 1050 g/mol. The maximum atomic E-state index is 14.7. The maximum Gasteiger partial charge on any atom is 0.305 e. The molecule has 6 aromatic rings. The van der Waals surface area contributed by atoms with Crippen molar-refractivity contribution in [3.8, 4) is 28.1 Å². The summed E-state index contributed by atoms with van der Waals surface area (Å²) < 4.78 is 41.5. The molecule has 0 aliphatic carbocycles. The number of aliphatic carboxylic acids is 1. The van der Waals surface area contributed by atoms with Gasteiger partial charge in [0.2, 0.25) is 11.8 Å². The minimum Gasteiger partial charge on any atom is -0.494 e. The zero-order valence-corrected chi connectivity index (χ0v) is 45.2. The summed E-state index contributed by atoms with van der Waals surface area (Å²) >= 11 is 0. The number of carboxylic acid groups (broad SMARTS) is 1. The van der Waals surface area contributed by atoms with E-state index in [2.05, 4.69) is 26.3 Å². The van der Waals surface area contributed by atoms with Crippen LogP contribution in [0.2, 0.25) is 0 Å². The molecule has 0 spiro atoms. The molecule has 0 saturated carbocycles. The fourth-order valence-corrected chi connectivity index (χ4v) is 9.89. The first-order valence-corrected chi connectivity index (χ1v) is 27.1. The lowest BCUT2D eigenvalue weighted by molar-refractivity contribution is -0.140. The number of nitrogens with one attached hydrogen (secondary N) is 3. The van der Waals surface area contributed by atoms with Gasteiger partial charge in [0.05, 0.1) is 99.5 Å². The predicted molar refractivity (Wildman–Crippen MR) is 295 cm³/mol. The molecule has 21 nitrogen and oxygen atoms in total. The SMILES string of the molecule is CC(C)c1c(C(=O)Nc2ccccc2)c(-c2cccc(OCCCc3cn(CCOCCOCCOCCNc4ccc5c(c4)C(=O)N(C4CCC(=O)NC4=O)C5=O)nn3)c2)c(-c2ccc(F)cc2)n1CCC(O)CC(O)CC(=O)O. The standard InChI is InChI=1S/C59H67FN8O13/c1-37(2)54-53(57(75)62-41-9-4-3-5-10-41)52(55(38-13-15-40(60)16-14-38)67(54)23-21-44(69)34-45(70)35-51(72)73)39-8-6-12-46(32-39)81-25-7-11-43-36-66(65-64-43)24-27-79-29-31-80-30-28-78-26-22-61-42-17-18-47-48(33-42)59(77)68(58(47)76)49-19-20-50(71)63-56(49)74/h3-6,8-10,12-18,32-33,36-37,44-45,49,61,69-70H,7,11,19-31,34-35H2,1-2H3,(H,62,75)(H,72,73)(H,63,71,74). The summed E-state index contributed by atoms with van der Waals surface area (Å²) in [5.41, 5.74) is 5.91. The van der Waals surface area contributed by atoms with Crippen LogP contribution in [-0.2, 0) is 48.1 Å². The molecule has 1 fully saturated rings. The average Bonchev–Trinajstić information content (AvgIpc) is 4.14. The van der Waals surface area contributed by atoms with Gasteiger partial charge < -0.3 is 49.5 Å². The Labute approximate surface area is 467 Å². The van der Waals surface area contributed by atoms with Gasteiger partial charge in [-0.3, -0.25) is 39.0 Å². The van der Waals surface area contributed by atoms with Crippen molar-refractivity contribution in [1.29, 1.82) is 0 Å². The molecule has 2 aliphatic rings. The number of carbonyl (C=O) groups excluding carboxylic acids is 5. The fraction of sp³-hybridized carbons (Fsp3) is 0.390. The number of carboxylic acids is 1. The van der Waals surface area contributed by atoms with Crippen molar-refractivity contribution >= 4 is 46.9 Å². The van der Waals surface area contributed by atoms with Gasteiger partial charge in [-0.1, -0.05) is 49.4 Å². The van der Waals surface area contributed by atoms with Gasteiger partial charge in [-0.15, -0.1) is 5.10 Å². The largest absolute Gasteiger partial charge is 0.494 e. The number of piperidine rings is 1. The number of anilines is 2. The second-order valence-corrected chi connectivity index (χ2v) is 20.0. The third kappa shape index (κ3) is 15.6. The molecule has 1 saturated heterocycles. The Morgan fingerprint density at radius 2 is 1.52 bits per heavy atom. The van der Waals surface area contributed by atoms with Gasteiger partial charge in [0.15, 0.2) is 0 Å². The highest BCUT2D eigenvalue weighted by molar-refractivity contribution is 6.23. The molecule has 2 aromatic heterocycles. The normalized spacial score (nSPS) is 15.0. The third-order valence-corrected chi connectivity index (χ3v) is 13.6. The van der Waals surface area contributed by atoms with Crippen LogP contribution in [-0.4, -0.2) is 146 Å². The van der Waals surface area contributed by atoms with E-state index < -0.39 is 60.1 Å². The van der Waals surface area contributed by atoms with Gasteiger partial charge in [-0.05, 0) is 116 Å². The number of imide groups is 2. The van der Waals surface area contributed by atoms with Gasteiger partial charge in [0, 0.05) is 48.3 Å². The van der Waals surface area contributed by atoms with E-state index in [4.69, 9.17) is 18.9 Å². The molecule has 3 atom stereocenters. The lowest BCUT2D eigenvalue weighted by Crippen LogP contribution is -2.54. The Kier molecular flexibility index (Phi) is 20.6. The minimum atomic E-state index is -1.25. The molecule has 0 radical (unpaired) electrons. The number of ether oxygens (including phenoxy) is 4. The Morgan fingerprint density at radius 1 is 0.790 bits per heavy atom. The number of hydrogen-bond acceptors (Lipinski definition) is 15. The number of hydrogen-bond donors (Lipinski definition) is 6. The molecule has 4 heterocycles. The van der Waals surface area contributed by atoms with Crippen molar-refractivity contribution in [3.05, 3.63) is 137 Å².